The number of nitrogens with zero attached hydrogens (tertiary/aromatic N) is 1. The highest BCUT2D eigenvalue weighted by Gasteiger charge is 2.42. The minimum atomic E-state index is -4.56. The number of aliphatic hydroxyl groups excluding tert-OH is 2. The zero-order chi connectivity index (χ0) is 28.1. The van der Waals surface area contributed by atoms with Crippen LogP contribution in [-0.2, 0) is 14.3 Å². The van der Waals surface area contributed by atoms with Crippen LogP contribution in [0.2, 0.25) is 0 Å². The van der Waals surface area contributed by atoms with Crippen molar-refractivity contribution in [1.82, 2.24) is 4.98 Å². The average molecular weight is 546 g/mol. The number of aromatic nitrogens is 1. The maximum Gasteiger partial charge on any atom is 0.412 e. The van der Waals surface area contributed by atoms with Crippen molar-refractivity contribution < 1.29 is 37.7 Å². The van der Waals surface area contributed by atoms with E-state index in [4.69, 9.17) is 4.74 Å². The number of hydrogen-bond donors (Lipinski definition) is 2. The van der Waals surface area contributed by atoms with Crippen LogP contribution in [0.5, 0.6) is 0 Å². The van der Waals surface area contributed by atoms with Crippen molar-refractivity contribution in [1.29, 1.82) is 0 Å². The van der Waals surface area contributed by atoms with Crippen LogP contribution in [0.25, 0.3) is 6.08 Å². The van der Waals surface area contributed by atoms with Crippen molar-refractivity contribution in [2.75, 3.05) is 0 Å². The number of hydrogen-bond acceptors (Lipinski definition) is 7. The van der Waals surface area contributed by atoms with Crippen LogP contribution in [0.4, 0.5) is 13.2 Å². The molecule has 2 heterocycles. The van der Waals surface area contributed by atoms with Crippen molar-refractivity contribution in [2.24, 2.45) is 17.3 Å². The molecule has 5 atom stereocenters. The molecule has 1 aliphatic heterocycles. The lowest BCUT2D eigenvalue weighted by atomic mass is 9.73. The third kappa shape index (κ3) is 8.48. The van der Waals surface area contributed by atoms with E-state index in [1.54, 1.807) is 25.3 Å². The number of alkyl halides is 3. The monoisotopic (exact) mass is 545 g/mol. The second-order valence-corrected chi connectivity index (χ2v) is 11.6. The van der Waals surface area contributed by atoms with Gasteiger partial charge < -0.3 is 14.9 Å². The molecule has 0 aromatic carbocycles. The van der Waals surface area contributed by atoms with Gasteiger partial charge in [-0.05, 0) is 50.7 Å². The average Bonchev–Trinajstić information content (AvgIpc) is 3.21. The molecule has 0 aliphatic carbocycles. The second kappa shape index (κ2) is 12.7. The summed E-state index contributed by atoms with van der Waals surface area (Å²) in [6.07, 6.45) is -5.89. The zero-order valence-corrected chi connectivity index (χ0v) is 23.1. The van der Waals surface area contributed by atoms with Gasteiger partial charge in [0.05, 0.1) is 34.7 Å². The van der Waals surface area contributed by atoms with E-state index in [0.29, 0.717) is 11.3 Å². The van der Waals surface area contributed by atoms with Crippen LogP contribution >= 0.6 is 11.3 Å². The van der Waals surface area contributed by atoms with Crippen LogP contribution in [0.1, 0.15) is 77.4 Å². The summed E-state index contributed by atoms with van der Waals surface area (Å²) in [5.41, 5.74) is -0.966. The Morgan fingerprint density at radius 2 is 1.89 bits per heavy atom. The van der Waals surface area contributed by atoms with Crippen LogP contribution in [-0.4, -0.2) is 51.4 Å². The first-order chi connectivity index (χ1) is 17.0. The lowest BCUT2D eigenvalue weighted by Crippen LogP contribution is -2.45. The first-order valence-electron chi connectivity index (χ1n) is 12.5. The summed E-state index contributed by atoms with van der Waals surface area (Å²) >= 11 is 1.42. The third-order valence-electron chi connectivity index (χ3n) is 7.18. The lowest BCUT2D eigenvalue weighted by Gasteiger charge is -2.34. The van der Waals surface area contributed by atoms with E-state index in [9.17, 15) is 33.0 Å². The summed E-state index contributed by atoms with van der Waals surface area (Å²) in [6, 6.07) is 0. The van der Waals surface area contributed by atoms with Gasteiger partial charge in [-0.1, -0.05) is 33.8 Å². The smallest absolute Gasteiger partial charge is 0.412 e. The van der Waals surface area contributed by atoms with E-state index >= 15 is 0 Å². The van der Waals surface area contributed by atoms with E-state index in [0.717, 1.165) is 11.1 Å². The largest absolute Gasteiger partial charge is 0.457 e. The Bertz CT molecular complexity index is 1010. The minimum Gasteiger partial charge on any atom is -0.457 e. The molecule has 1 aromatic rings. The SMILES string of the molecule is C/C(=C\c1csc(C)n1)C1C/C=C(/C(F)(F)F)CCCC(C)[C@H](O)C(C)C(=O)C(C)(C)[C@@H](O)CC(=O)O1. The number of allylic oxidation sites excluding steroid dienone is 1. The van der Waals surface area contributed by atoms with Crippen molar-refractivity contribution in [3.8, 4) is 0 Å². The minimum absolute atomic E-state index is 0.161. The van der Waals surface area contributed by atoms with Gasteiger partial charge in [0.15, 0.2) is 0 Å². The summed E-state index contributed by atoms with van der Waals surface area (Å²) in [5, 5.41) is 24.1. The lowest BCUT2D eigenvalue weighted by molar-refractivity contribution is -0.154. The molecule has 3 unspecified atom stereocenters. The van der Waals surface area contributed by atoms with Crippen molar-refractivity contribution in [2.45, 2.75) is 98.1 Å². The maximum absolute atomic E-state index is 13.8. The van der Waals surface area contributed by atoms with Gasteiger partial charge in [-0.25, -0.2) is 4.98 Å². The van der Waals surface area contributed by atoms with E-state index < -0.39 is 65.5 Å². The van der Waals surface area contributed by atoms with Gasteiger partial charge in [0.25, 0.3) is 0 Å². The van der Waals surface area contributed by atoms with Gasteiger partial charge in [-0.2, -0.15) is 13.2 Å². The van der Waals surface area contributed by atoms with Gasteiger partial charge in [0.2, 0.25) is 0 Å². The number of Topliss-reactive ketones (excluding diaryl/α,β-unsaturated/α-hetero) is 1. The Kier molecular flexibility index (Phi) is 10.7. The highest BCUT2D eigenvalue weighted by atomic mass is 32.1. The fourth-order valence-electron chi connectivity index (χ4n) is 4.51. The molecule has 0 radical (unpaired) electrons. The van der Waals surface area contributed by atoms with Gasteiger partial charge in [0.1, 0.15) is 11.9 Å². The molecular formula is C27H38F3NO5S. The van der Waals surface area contributed by atoms with Crippen LogP contribution in [0, 0.1) is 24.2 Å². The fraction of sp³-hybridized carbons (Fsp3) is 0.667. The molecule has 0 amide bonds. The number of thiazole rings is 1. The zero-order valence-electron chi connectivity index (χ0n) is 22.3. The fourth-order valence-corrected chi connectivity index (χ4v) is 5.08. The molecule has 0 saturated carbocycles. The number of cyclic esters (lactones) is 1. The number of aliphatic hydroxyl groups is 2. The molecule has 2 rings (SSSR count). The second-order valence-electron chi connectivity index (χ2n) is 10.6. The Morgan fingerprint density at radius 3 is 2.46 bits per heavy atom. The van der Waals surface area contributed by atoms with Crippen LogP contribution in [0.15, 0.2) is 22.6 Å². The molecule has 208 valence electrons. The Labute approximate surface area is 220 Å². The molecule has 10 heteroatoms. The van der Waals surface area contributed by atoms with Gasteiger partial charge in [-0.3, -0.25) is 9.59 Å². The summed E-state index contributed by atoms with van der Waals surface area (Å²) in [6.45, 7) is 9.73. The van der Waals surface area contributed by atoms with E-state index in [-0.39, 0.29) is 25.7 Å². The molecular weight excluding hydrogens is 507 g/mol. The standard InChI is InChI=1S/C27H38F3NO5S/c1-15-8-7-9-19(27(28,29)30)10-11-21(16(2)12-20-14-37-18(4)31-20)36-23(33)13-22(32)26(5,6)25(35)17(3)24(15)34/h10,12,14-15,17,21-22,24,32,34H,7-9,11,13H2,1-6H3/b16-12+,19-10+/t15?,17?,21?,22-,24-/m0/s1. The quantitative estimate of drug-likeness (QED) is 0.360. The molecule has 2 N–H and O–H groups in total. The number of rotatable bonds is 2. The Morgan fingerprint density at radius 1 is 1.24 bits per heavy atom. The topological polar surface area (TPSA) is 96.7 Å². The van der Waals surface area contributed by atoms with Gasteiger partial charge >= 0.3 is 12.1 Å². The molecule has 0 fully saturated rings. The van der Waals surface area contributed by atoms with E-state index in [1.807, 2.05) is 6.92 Å². The Hall–Kier alpha value is -2.04. The summed E-state index contributed by atoms with van der Waals surface area (Å²) in [7, 11) is 0. The number of aryl methyl sites for hydroxylation is 1. The summed E-state index contributed by atoms with van der Waals surface area (Å²) < 4.78 is 46.9. The van der Waals surface area contributed by atoms with Crippen molar-refractivity contribution >= 4 is 29.2 Å². The highest BCUT2D eigenvalue weighted by Crippen LogP contribution is 2.35. The van der Waals surface area contributed by atoms with E-state index in [1.165, 1.54) is 32.1 Å². The summed E-state index contributed by atoms with van der Waals surface area (Å²) in [5.74, 6) is -2.57. The van der Waals surface area contributed by atoms with E-state index in [2.05, 4.69) is 4.98 Å². The van der Waals surface area contributed by atoms with Crippen LogP contribution in [0.3, 0.4) is 0 Å². The number of esters is 1. The first kappa shape index (κ1) is 31.2. The van der Waals surface area contributed by atoms with Crippen LogP contribution < -0.4 is 0 Å². The molecule has 1 aromatic heterocycles. The summed E-state index contributed by atoms with van der Waals surface area (Å²) in [4.78, 5) is 30.3. The molecule has 1 aliphatic rings. The normalized spacial score (nSPS) is 30.9. The number of ether oxygens (including phenoxy) is 1. The van der Waals surface area contributed by atoms with Gasteiger partial charge in [0, 0.05) is 23.3 Å². The number of carbonyl (C=O) groups excluding carboxylic acids is 2. The predicted octanol–water partition coefficient (Wildman–Crippen LogP) is 5.81. The first-order valence-corrected chi connectivity index (χ1v) is 13.4. The molecule has 0 bridgehead atoms. The number of halogens is 3. The Balaban J connectivity index is 2.45. The van der Waals surface area contributed by atoms with Crippen molar-refractivity contribution in [3.63, 3.8) is 0 Å². The predicted molar refractivity (Wildman–Crippen MR) is 137 cm³/mol. The number of carbonyl (C=O) groups is 2. The third-order valence-corrected chi connectivity index (χ3v) is 7.97. The molecule has 37 heavy (non-hydrogen) atoms. The molecule has 6 nitrogen and oxygen atoms in total. The number of ketones is 1. The van der Waals surface area contributed by atoms with Crippen molar-refractivity contribution in [3.05, 3.63) is 33.3 Å². The highest BCUT2D eigenvalue weighted by molar-refractivity contribution is 7.09. The molecule has 0 spiro atoms. The molecule has 0 saturated heterocycles. The maximum atomic E-state index is 13.8. The van der Waals surface area contributed by atoms with Gasteiger partial charge in [-0.15, -0.1) is 11.3 Å².